The van der Waals surface area contributed by atoms with Crippen LogP contribution < -0.4 is 5.73 Å². The summed E-state index contributed by atoms with van der Waals surface area (Å²) in [6, 6.07) is 4.42. The van der Waals surface area contributed by atoms with E-state index in [4.69, 9.17) is 10.2 Å². The molecule has 0 spiro atoms. The van der Waals surface area contributed by atoms with Crippen molar-refractivity contribution in [1.29, 1.82) is 0 Å². The second-order valence-corrected chi connectivity index (χ2v) is 5.14. The Labute approximate surface area is 97.6 Å². The first-order valence-corrected chi connectivity index (χ1v) is 6.14. The fourth-order valence-corrected chi connectivity index (χ4v) is 2.61. The topological polar surface area (TPSA) is 42.4 Å². The number of aryl methyl sites for hydroxylation is 1. The van der Waals surface area contributed by atoms with Gasteiger partial charge >= 0.3 is 0 Å². The van der Waals surface area contributed by atoms with Crippen molar-refractivity contribution < 1.29 is 4.42 Å². The summed E-state index contributed by atoms with van der Waals surface area (Å²) in [5, 5.41) is 0. The van der Waals surface area contributed by atoms with Crippen LogP contribution in [0.4, 0.5) is 0 Å². The Bertz CT molecular complexity index is 345. The standard InChI is InChI=1S/C13H22N2O/c1-9-6-7-15(8-9)13(11(3)14)12-5-4-10(2)16-12/h4-5,9,11,13H,6-8,14H2,1-3H3. The van der Waals surface area contributed by atoms with E-state index >= 15 is 0 Å². The molecule has 2 heterocycles. The molecule has 0 bridgehead atoms. The Kier molecular flexibility index (Phi) is 3.36. The SMILES string of the molecule is Cc1ccc(C(C(C)N)N2CCC(C)C2)o1. The van der Waals surface area contributed by atoms with Crippen molar-refractivity contribution in [1.82, 2.24) is 4.90 Å². The Morgan fingerprint density at radius 1 is 1.50 bits per heavy atom. The molecule has 90 valence electrons. The number of hydrogen-bond donors (Lipinski definition) is 1. The quantitative estimate of drug-likeness (QED) is 0.853. The van der Waals surface area contributed by atoms with Crippen LogP contribution in [-0.2, 0) is 0 Å². The largest absolute Gasteiger partial charge is 0.465 e. The van der Waals surface area contributed by atoms with E-state index in [9.17, 15) is 0 Å². The van der Waals surface area contributed by atoms with E-state index in [2.05, 4.69) is 24.8 Å². The van der Waals surface area contributed by atoms with Crippen molar-refractivity contribution in [3.63, 3.8) is 0 Å². The predicted octanol–water partition coefficient (Wildman–Crippen LogP) is 2.32. The molecule has 3 unspecified atom stereocenters. The molecule has 1 saturated heterocycles. The summed E-state index contributed by atoms with van der Waals surface area (Å²) in [6.07, 6.45) is 1.27. The molecule has 0 aromatic carbocycles. The summed E-state index contributed by atoms with van der Waals surface area (Å²) in [7, 11) is 0. The third kappa shape index (κ3) is 2.30. The van der Waals surface area contributed by atoms with Crippen LogP contribution in [0.25, 0.3) is 0 Å². The van der Waals surface area contributed by atoms with Crippen LogP contribution in [0.5, 0.6) is 0 Å². The maximum atomic E-state index is 6.10. The second-order valence-electron chi connectivity index (χ2n) is 5.14. The van der Waals surface area contributed by atoms with Gasteiger partial charge in [-0.05, 0) is 44.9 Å². The lowest BCUT2D eigenvalue weighted by atomic mass is 10.1. The third-order valence-corrected chi connectivity index (χ3v) is 3.40. The average molecular weight is 222 g/mol. The number of nitrogens with two attached hydrogens (primary N) is 1. The summed E-state index contributed by atoms with van der Waals surface area (Å²) >= 11 is 0. The van der Waals surface area contributed by atoms with Crippen molar-refractivity contribution in [2.75, 3.05) is 13.1 Å². The lowest BCUT2D eigenvalue weighted by molar-refractivity contribution is 0.184. The Morgan fingerprint density at radius 3 is 2.69 bits per heavy atom. The van der Waals surface area contributed by atoms with Crippen LogP contribution >= 0.6 is 0 Å². The van der Waals surface area contributed by atoms with E-state index in [1.54, 1.807) is 0 Å². The fourth-order valence-electron chi connectivity index (χ4n) is 2.61. The van der Waals surface area contributed by atoms with Crippen molar-refractivity contribution in [3.8, 4) is 0 Å². The molecule has 1 aliphatic rings. The third-order valence-electron chi connectivity index (χ3n) is 3.40. The van der Waals surface area contributed by atoms with Gasteiger partial charge in [0.15, 0.2) is 0 Å². The zero-order valence-corrected chi connectivity index (χ0v) is 10.4. The molecule has 0 saturated carbocycles. The highest BCUT2D eigenvalue weighted by molar-refractivity contribution is 5.12. The van der Waals surface area contributed by atoms with E-state index < -0.39 is 0 Å². The molecule has 0 radical (unpaired) electrons. The van der Waals surface area contributed by atoms with Gasteiger partial charge in [-0.2, -0.15) is 0 Å². The van der Waals surface area contributed by atoms with Gasteiger partial charge in [-0.1, -0.05) is 6.92 Å². The highest BCUT2D eigenvalue weighted by Crippen LogP contribution is 2.30. The van der Waals surface area contributed by atoms with Crippen LogP contribution in [0, 0.1) is 12.8 Å². The monoisotopic (exact) mass is 222 g/mol. The van der Waals surface area contributed by atoms with E-state index in [-0.39, 0.29) is 12.1 Å². The van der Waals surface area contributed by atoms with Gasteiger partial charge in [0.05, 0.1) is 6.04 Å². The van der Waals surface area contributed by atoms with Gasteiger partial charge in [0.1, 0.15) is 11.5 Å². The van der Waals surface area contributed by atoms with Gasteiger partial charge in [-0.25, -0.2) is 0 Å². The molecule has 2 rings (SSSR count). The first kappa shape index (κ1) is 11.7. The molecule has 2 N–H and O–H groups in total. The lowest BCUT2D eigenvalue weighted by Crippen LogP contribution is -2.38. The highest BCUT2D eigenvalue weighted by atomic mass is 16.3. The van der Waals surface area contributed by atoms with Gasteiger partial charge in [0, 0.05) is 12.6 Å². The molecule has 1 aromatic rings. The van der Waals surface area contributed by atoms with Gasteiger partial charge in [0.2, 0.25) is 0 Å². The van der Waals surface area contributed by atoms with E-state index in [1.807, 2.05) is 13.0 Å². The maximum absolute atomic E-state index is 6.10. The van der Waals surface area contributed by atoms with Gasteiger partial charge in [0.25, 0.3) is 0 Å². The molecule has 3 nitrogen and oxygen atoms in total. The van der Waals surface area contributed by atoms with Crippen LogP contribution in [-0.4, -0.2) is 24.0 Å². The molecule has 16 heavy (non-hydrogen) atoms. The van der Waals surface area contributed by atoms with Crippen molar-refractivity contribution >= 4 is 0 Å². The Hall–Kier alpha value is -0.800. The summed E-state index contributed by atoms with van der Waals surface area (Å²) < 4.78 is 5.73. The second kappa shape index (κ2) is 4.60. The van der Waals surface area contributed by atoms with Crippen molar-refractivity contribution in [2.24, 2.45) is 11.7 Å². The number of likely N-dealkylation sites (tertiary alicyclic amines) is 1. The van der Waals surface area contributed by atoms with Gasteiger partial charge in [-0.15, -0.1) is 0 Å². The van der Waals surface area contributed by atoms with Gasteiger partial charge in [-0.3, -0.25) is 4.90 Å². The van der Waals surface area contributed by atoms with E-state index in [0.29, 0.717) is 0 Å². The minimum Gasteiger partial charge on any atom is -0.465 e. The number of hydrogen-bond acceptors (Lipinski definition) is 3. The molecule has 1 fully saturated rings. The van der Waals surface area contributed by atoms with Crippen LogP contribution in [0.1, 0.15) is 37.8 Å². The molecule has 3 atom stereocenters. The summed E-state index contributed by atoms with van der Waals surface area (Å²) in [6.45, 7) is 8.60. The van der Waals surface area contributed by atoms with E-state index in [0.717, 1.165) is 30.5 Å². The molecular formula is C13H22N2O. The predicted molar refractivity (Wildman–Crippen MR) is 65.2 cm³/mol. The lowest BCUT2D eigenvalue weighted by Gasteiger charge is -2.29. The number of furan rings is 1. The minimum absolute atomic E-state index is 0.107. The molecule has 0 amide bonds. The molecular weight excluding hydrogens is 200 g/mol. The minimum atomic E-state index is 0.107. The van der Waals surface area contributed by atoms with Crippen LogP contribution in [0.15, 0.2) is 16.5 Å². The highest BCUT2D eigenvalue weighted by Gasteiger charge is 2.31. The normalized spacial score (nSPS) is 25.9. The number of nitrogens with zero attached hydrogens (tertiary/aromatic N) is 1. The van der Waals surface area contributed by atoms with E-state index in [1.165, 1.54) is 6.42 Å². The van der Waals surface area contributed by atoms with Gasteiger partial charge < -0.3 is 10.2 Å². The average Bonchev–Trinajstić information content (AvgIpc) is 2.76. The smallest absolute Gasteiger partial charge is 0.122 e. The first-order chi connectivity index (χ1) is 7.58. The Balaban J connectivity index is 2.17. The molecule has 0 aliphatic carbocycles. The van der Waals surface area contributed by atoms with Crippen LogP contribution in [0.3, 0.4) is 0 Å². The maximum Gasteiger partial charge on any atom is 0.122 e. The summed E-state index contributed by atoms with van der Waals surface area (Å²) in [4.78, 5) is 2.45. The molecule has 3 heteroatoms. The first-order valence-electron chi connectivity index (χ1n) is 6.14. The Morgan fingerprint density at radius 2 is 2.25 bits per heavy atom. The molecule has 1 aromatic heterocycles. The van der Waals surface area contributed by atoms with Crippen molar-refractivity contribution in [2.45, 2.75) is 39.3 Å². The summed E-state index contributed by atoms with van der Waals surface area (Å²) in [5.74, 6) is 2.76. The molecule has 1 aliphatic heterocycles. The summed E-state index contributed by atoms with van der Waals surface area (Å²) in [5.41, 5.74) is 6.10. The zero-order chi connectivity index (χ0) is 11.7. The zero-order valence-electron chi connectivity index (χ0n) is 10.4. The van der Waals surface area contributed by atoms with Crippen molar-refractivity contribution in [3.05, 3.63) is 23.7 Å². The number of rotatable bonds is 3. The van der Waals surface area contributed by atoms with Crippen LogP contribution in [0.2, 0.25) is 0 Å². The fraction of sp³-hybridized carbons (Fsp3) is 0.692.